The molecule has 2 aromatic carbocycles. The highest BCUT2D eigenvalue weighted by atomic mass is 19.1. The minimum absolute atomic E-state index is 0.201. The van der Waals surface area contributed by atoms with Crippen LogP contribution in [0.4, 0.5) is 8.78 Å². The van der Waals surface area contributed by atoms with Crippen molar-refractivity contribution in [3.8, 4) is 0 Å². The first-order valence-electron chi connectivity index (χ1n) is 6.86. The SMILES string of the molecule is CCNC(c1cc2cccc(F)c2o1)c1ccccc1F. The molecule has 3 aromatic rings. The van der Waals surface area contributed by atoms with Crippen LogP contribution in [-0.4, -0.2) is 6.54 Å². The van der Waals surface area contributed by atoms with E-state index in [-0.39, 0.29) is 11.4 Å². The second-order valence-electron chi connectivity index (χ2n) is 4.82. The Balaban J connectivity index is 2.11. The van der Waals surface area contributed by atoms with Crippen LogP contribution >= 0.6 is 0 Å². The molecule has 1 N–H and O–H groups in total. The zero-order valence-electron chi connectivity index (χ0n) is 11.6. The third kappa shape index (κ3) is 2.54. The summed E-state index contributed by atoms with van der Waals surface area (Å²) in [6, 6.07) is 12.6. The quantitative estimate of drug-likeness (QED) is 0.769. The van der Waals surface area contributed by atoms with Gasteiger partial charge in [-0.25, -0.2) is 8.78 Å². The molecule has 0 saturated heterocycles. The van der Waals surface area contributed by atoms with E-state index in [2.05, 4.69) is 5.32 Å². The molecule has 0 saturated carbocycles. The van der Waals surface area contributed by atoms with Crippen LogP contribution in [-0.2, 0) is 0 Å². The standard InChI is InChI=1S/C17H15F2NO/c1-2-20-16(12-7-3-4-8-13(12)18)15-10-11-6-5-9-14(19)17(11)21-15/h3-10,16,20H,2H2,1H3. The first kappa shape index (κ1) is 13.8. The lowest BCUT2D eigenvalue weighted by Gasteiger charge is -2.16. The minimum atomic E-state index is -0.442. The van der Waals surface area contributed by atoms with Crippen molar-refractivity contribution < 1.29 is 13.2 Å². The smallest absolute Gasteiger partial charge is 0.169 e. The Hall–Kier alpha value is -2.20. The predicted molar refractivity (Wildman–Crippen MR) is 78.1 cm³/mol. The monoisotopic (exact) mass is 287 g/mol. The fourth-order valence-electron chi connectivity index (χ4n) is 2.47. The Labute approximate surface area is 121 Å². The molecule has 0 amide bonds. The lowest BCUT2D eigenvalue weighted by Crippen LogP contribution is -2.22. The summed E-state index contributed by atoms with van der Waals surface area (Å²) in [5, 5.41) is 3.85. The van der Waals surface area contributed by atoms with Gasteiger partial charge in [0.15, 0.2) is 11.4 Å². The maximum Gasteiger partial charge on any atom is 0.169 e. The average molecular weight is 287 g/mol. The number of fused-ring (bicyclic) bond motifs is 1. The van der Waals surface area contributed by atoms with E-state index in [0.29, 0.717) is 23.3 Å². The first-order valence-corrected chi connectivity index (χ1v) is 6.86. The fourth-order valence-corrected chi connectivity index (χ4v) is 2.47. The van der Waals surface area contributed by atoms with Crippen LogP contribution in [0.1, 0.15) is 24.3 Å². The summed E-state index contributed by atoms with van der Waals surface area (Å²) in [6.07, 6.45) is 0. The van der Waals surface area contributed by atoms with Crippen LogP contribution in [0.2, 0.25) is 0 Å². The molecule has 0 fully saturated rings. The van der Waals surface area contributed by atoms with Crippen LogP contribution in [0.25, 0.3) is 11.0 Å². The van der Waals surface area contributed by atoms with Gasteiger partial charge in [0.1, 0.15) is 11.6 Å². The molecular weight excluding hydrogens is 272 g/mol. The Morgan fingerprint density at radius 3 is 2.52 bits per heavy atom. The second kappa shape index (κ2) is 5.66. The Morgan fingerprint density at radius 1 is 1.05 bits per heavy atom. The van der Waals surface area contributed by atoms with Gasteiger partial charge in [0.25, 0.3) is 0 Å². The number of benzene rings is 2. The molecule has 1 atom stereocenters. The molecular formula is C17H15F2NO. The molecule has 0 aliphatic carbocycles. The second-order valence-corrected chi connectivity index (χ2v) is 4.82. The lowest BCUT2D eigenvalue weighted by molar-refractivity contribution is 0.453. The molecule has 0 bridgehead atoms. The Morgan fingerprint density at radius 2 is 1.81 bits per heavy atom. The lowest BCUT2D eigenvalue weighted by atomic mass is 10.0. The number of hydrogen-bond donors (Lipinski definition) is 1. The summed E-state index contributed by atoms with van der Waals surface area (Å²) < 4.78 is 33.4. The van der Waals surface area contributed by atoms with Crippen molar-refractivity contribution in [3.05, 3.63) is 71.5 Å². The minimum Gasteiger partial charge on any atom is -0.456 e. The van der Waals surface area contributed by atoms with Crippen molar-refractivity contribution in [2.75, 3.05) is 6.54 Å². The molecule has 4 heteroatoms. The highest BCUT2D eigenvalue weighted by molar-refractivity contribution is 5.78. The number of hydrogen-bond acceptors (Lipinski definition) is 2. The first-order chi connectivity index (χ1) is 10.2. The fraction of sp³-hybridized carbons (Fsp3) is 0.176. The van der Waals surface area contributed by atoms with Gasteiger partial charge in [-0.3, -0.25) is 0 Å². The summed E-state index contributed by atoms with van der Waals surface area (Å²) in [7, 11) is 0. The van der Waals surface area contributed by atoms with Gasteiger partial charge in [-0.15, -0.1) is 0 Å². The summed E-state index contributed by atoms with van der Waals surface area (Å²) >= 11 is 0. The molecule has 21 heavy (non-hydrogen) atoms. The summed E-state index contributed by atoms with van der Waals surface area (Å²) in [6.45, 7) is 2.57. The zero-order valence-corrected chi connectivity index (χ0v) is 11.6. The molecule has 0 radical (unpaired) electrons. The van der Waals surface area contributed by atoms with Gasteiger partial charge >= 0.3 is 0 Å². The van der Waals surface area contributed by atoms with E-state index in [1.165, 1.54) is 12.1 Å². The van der Waals surface area contributed by atoms with Crippen molar-refractivity contribution in [2.45, 2.75) is 13.0 Å². The molecule has 0 aliphatic heterocycles. The van der Waals surface area contributed by atoms with Gasteiger partial charge in [0.05, 0.1) is 6.04 Å². The van der Waals surface area contributed by atoms with E-state index in [1.807, 2.05) is 6.92 Å². The van der Waals surface area contributed by atoms with Crippen LogP contribution in [0.15, 0.2) is 52.9 Å². The van der Waals surface area contributed by atoms with E-state index in [4.69, 9.17) is 4.42 Å². The Bertz CT molecular complexity index is 766. The van der Waals surface area contributed by atoms with Crippen LogP contribution in [0.5, 0.6) is 0 Å². The third-order valence-electron chi connectivity index (χ3n) is 3.42. The van der Waals surface area contributed by atoms with Crippen LogP contribution in [0.3, 0.4) is 0 Å². The average Bonchev–Trinajstić information content (AvgIpc) is 2.91. The molecule has 1 aromatic heterocycles. The molecule has 108 valence electrons. The summed E-state index contributed by atoms with van der Waals surface area (Å²) in [5.74, 6) is -0.228. The maximum atomic E-state index is 14.0. The molecule has 3 rings (SSSR count). The van der Waals surface area contributed by atoms with Crippen molar-refractivity contribution in [1.82, 2.24) is 5.32 Å². The van der Waals surface area contributed by atoms with E-state index in [9.17, 15) is 8.78 Å². The van der Waals surface area contributed by atoms with Crippen molar-refractivity contribution in [3.63, 3.8) is 0 Å². The van der Waals surface area contributed by atoms with Crippen LogP contribution < -0.4 is 5.32 Å². The zero-order chi connectivity index (χ0) is 14.8. The third-order valence-corrected chi connectivity index (χ3v) is 3.42. The number of para-hydroxylation sites is 1. The van der Waals surface area contributed by atoms with E-state index in [0.717, 1.165) is 0 Å². The van der Waals surface area contributed by atoms with Gasteiger partial charge in [-0.05, 0) is 24.7 Å². The number of nitrogens with one attached hydrogen (secondary N) is 1. The van der Waals surface area contributed by atoms with E-state index >= 15 is 0 Å². The highest BCUT2D eigenvalue weighted by Crippen LogP contribution is 2.30. The maximum absolute atomic E-state index is 14.0. The molecule has 0 spiro atoms. The van der Waals surface area contributed by atoms with Gasteiger partial charge < -0.3 is 9.73 Å². The number of rotatable bonds is 4. The van der Waals surface area contributed by atoms with Gasteiger partial charge in [0, 0.05) is 10.9 Å². The van der Waals surface area contributed by atoms with E-state index in [1.54, 1.807) is 36.4 Å². The molecule has 0 aliphatic rings. The number of furan rings is 1. The summed E-state index contributed by atoms with van der Waals surface area (Å²) in [4.78, 5) is 0. The number of halogens is 2. The van der Waals surface area contributed by atoms with Gasteiger partial charge in [-0.2, -0.15) is 0 Å². The summed E-state index contributed by atoms with van der Waals surface area (Å²) in [5.41, 5.74) is 0.686. The molecule has 2 nitrogen and oxygen atoms in total. The molecule has 1 heterocycles. The van der Waals surface area contributed by atoms with Gasteiger partial charge in [-0.1, -0.05) is 37.3 Å². The van der Waals surface area contributed by atoms with Crippen molar-refractivity contribution in [1.29, 1.82) is 0 Å². The van der Waals surface area contributed by atoms with Crippen LogP contribution in [0, 0.1) is 11.6 Å². The molecule has 1 unspecified atom stereocenters. The normalized spacial score (nSPS) is 12.7. The Kier molecular flexibility index (Phi) is 3.71. The van der Waals surface area contributed by atoms with Gasteiger partial charge in [0.2, 0.25) is 0 Å². The topological polar surface area (TPSA) is 25.2 Å². The predicted octanol–water partition coefficient (Wildman–Crippen LogP) is 4.41. The van der Waals surface area contributed by atoms with Crippen molar-refractivity contribution >= 4 is 11.0 Å². The van der Waals surface area contributed by atoms with Crippen molar-refractivity contribution in [2.24, 2.45) is 0 Å². The highest BCUT2D eigenvalue weighted by Gasteiger charge is 2.21. The van der Waals surface area contributed by atoms with E-state index < -0.39 is 11.9 Å². The largest absolute Gasteiger partial charge is 0.456 e.